The molecule has 1 heterocycles. The van der Waals surface area contributed by atoms with Crippen LogP contribution in [0.25, 0.3) is 0 Å². The molecule has 2 aromatic rings. The molecule has 0 spiro atoms. The molecule has 1 aromatic heterocycles. The van der Waals surface area contributed by atoms with Crippen LogP contribution in [0.5, 0.6) is 5.75 Å². The number of likely N-dealkylation sites (N-methyl/N-ethyl adjacent to an activating group) is 1. The average molecular weight is 341 g/mol. The highest BCUT2D eigenvalue weighted by Gasteiger charge is 2.29. The Kier molecular flexibility index (Phi) is 5.08. The van der Waals surface area contributed by atoms with Gasteiger partial charge in [-0.1, -0.05) is 17.7 Å². The summed E-state index contributed by atoms with van der Waals surface area (Å²) in [5.41, 5.74) is 15.2. The van der Waals surface area contributed by atoms with Gasteiger partial charge in [0.2, 0.25) is 5.95 Å². The van der Waals surface area contributed by atoms with E-state index >= 15 is 0 Å². The summed E-state index contributed by atoms with van der Waals surface area (Å²) in [6.07, 6.45) is 1.94. The van der Waals surface area contributed by atoms with Crippen molar-refractivity contribution in [2.75, 3.05) is 30.8 Å². The molecule has 0 amide bonds. The minimum Gasteiger partial charge on any atom is -0.491 e. The monoisotopic (exact) mass is 341 g/mol. The summed E-state index contributed by atoms with van der Waals surface area (Å²) < 4.78 is 5.91. The zero-order chi connectivity index (χ0) is 18.0. The van der Waals surface area contributed by atoms with E-state index in [0.29, 0.717) is 25.0 Å². The van der Waals surface area contributed by atoms with Gasteiger partial charge in [-0.25, -0.2) is 4.98 Å². The number of ether oxygens (including phenoxy) is 1. The molecule has 4 N–H and O–H groups in total. The number of aryl methyl sites for hydroxylation is 2. The molecule has 3 rings (SSSR count). The number of nitrogens with two attached hydrogens (primary N) is 2. The van der Waals surface area contributed by atoms with Gasteiger partial charge < -0.3 is 21.1 Å². The van der Waals surface area contributed by atoms with Crippen molar-refractivity contribution in [3.05, 3.63) is 41.1 Å². The maximum Gasteiger partial charge on any atom is 0.222 e. The molecule has 1 aromatic carbocycles. The van der Waals surface area contributed by atoms with Gasteiger partial charge in [-0.3, -0.25) is 0 Å². The van der Waals surface area contributed by atoms with E-state index in [1.165, 1.54) is 5.56 Å². The van der Waals surface area contributed by atoms with Crippen molar-refractivity contribution >= 4 is 11.8 Å². The Labute approximate surface area is 149 Å². The molecule has 134 valence electrons. The summed E-state index contributed by atoms with van der Waals surface area (Å²) in [5.74, 6) is 2.46. The fourth-order valence-electron chi connectivity index (χ4n) is 3.15. The van der Waals surface area contributed by atoms with E-state index < -0.39 is 0 Å². The third-order valence-corrected chi connectivity index (χ3v) is 4.75. The first-order chi connectivity index (χ1) is 11.9. The molecule has 0 saturated heterocycles. The third kappa shape index (κ3) is 4.20. The highest BCUT2D eigenvalue weighted by atomic mass is 16.5. The van der Waals surface area contributed by atoms with Crippen LogP contribution < -0.4 is 21.1 Å². The summed E-state index contributed by atoms with van der Waals surface area (Å²) in [7, 11) is 1.99. The average Bonchev–Trinajstić information content (AvgIpc) is 2.53. The molecular formula is C19H27N5O. The lowest BCUT2D eigenvalue weighted by atomic mass is 9.78. The van der Waals surface area contributed by atoms with Crippen LogP contribution in [0.3, 0.4) is 0 Å². The number of nitrogens with zero attached hydrogens (tertiary/aromatic N) is 3. The van der Waals surface area contributed by atoms with Gasteiger partial charge in [0.1, 0.15) is 18.2 Å². The third-order valence-electron chi connectivity index (χ3n) is 4.75. The van der Waals surface area contributed by atoms with Crippen LogP contribution in [-0.2, 0) is 0 Å². The van der Waals surface area contributed by atoms with Crippen LogP contribution in [0.2, 0.25) is 0 Å². The Hall–Kier alpha value is -2.34. The lowest BCUT2D eigenvalue weighted by Gasteiger charge is -2.32. The van der Waals surface area contributed by atoms with Crippen molar-refractivity contribution in [2.45, 2.75) is 38.6 Å². The van der Waals surface area contributed by atoms with Crippen LogP contribution in [0.1, 0.15) is 35.6 Å². The van der Waals surface area contributed by atoms with Crippen LogP contribution in [0.4, 0.5) is 11.8 Å². The molecule has 1 fully saturated rings. The Bertz CT molecular complexity index is 743. The minimum absolute atomic E-state index is 0.286. The SMILES string of the molecule is Cc1ccc(OCCN(C)c2cc(C3CC(N)C3)nc(N)n2)c(C)c1. The van der Waals surface area contributed by atoms with Gasteiger partial charge in [0.15, 0.2) is 0 Å². The molecule has 1 aliphatic rings. The smallest absolute Gasteiger partial charge is 0.222 e. The van der Waals surface area contributed by atoms with Gasteiger partial charge in [-0.15, -0.1) is 0 Å². The fourth-order valence-corrected chi connectivity index (χ4v) is 3.15. The van der Waals surface area contributed by atoms with E-state index in [1.54, 1.807) is 0 Å². The van der Waals surface area contributed by atoms with Gasteiger partial charge in [-0.05, 0) is 38.3 Å². The van der Waals surface area contributed by atoms with Gasteiger partial charge in [0, 0.05) is 25.1 Å². The number of aromatic nitrogens is 2. The number of benzene rings is 1. The lowest BCUT2D eigenvalue weighted by Crippen LogP contribution is -2.35. The predicted octanol–water partition coefficient (Wildman–Crippen LogP) is 2.40. The number of hydrogen-bond donors (Lipinski definition) is 2. The van der Waals surface area contributed by atoms with E-state index in [1.807, 2.05) is 24.1 Å². The molecule has 0 atom stereocenters. The second-order valence-corrected chi connectivity index (χ2v) is 6.98. The molecule has 25 heavy (non-hydrogen) atoms. The number of anilines is 2. The molecule has 0 radical (unpaired) electrons. The zero-order valence-electron chi connectivity index (χ0n) is 15.2. The summed E-state index contributed by atoms with van der Waals surface area (Å²) in [4.78, 5) is 10.8. The highest BCUT2D eigenvalue weighted by Crippen LogP contribution is 2.35. The molecule has 6 heteroatoms. The second kappa shape index (κ2) is 7.27. The van der Waals surface area contributed by atoms with Crippen molar-refractivity contribution in [2.24, 2.45) is 5.73 Å². The van der Waals surface area contributed by atoms with Crippen molar-refractivity contribution in [1.29, 1.82) is 0 Å². The van der Waals surface area contributed by atoms with Gasteiger partial charge in [-0.2, -0.15) is 4.98 Å². The normalized spacial score (nSPS) is 19.4. The molecule has 1 saturated carbocycles. The van der Waals surface area contributed by atoms with E-state index in [9.17, 15) is 0 Å². The maximum absolute atomic E-state index is 5.91. The van der Waals surface area contributed by atoms with Gasteiger partial charge in [0.25, 0.3) is 0 Å². The van der Waals surface area contributed by atoms with Crippen molar-refractivity contribution in [3.8, 4) is 5.75 Å². The second-order valence-electron chi connectivity index (χ2n) is 6.98. The molecule has 1 aliphatic carbocycles. The predicted molar refractivity (Wildman–Crippen MR) is 101 cm³/mol. The first-order valence-corrected chi connectivity index (χ1v) is 8.73. The zero-order valence-corrected chi connectivity index (χ0v) is 15.2. The molecule has 0 bridgehead atoms. The molecule has 6 nitrogen and oxygen atoms in total. The number of nitrogen functional groups attached to an aromatic ring is 1. The topological polar surface area (TPSA) is 90.3 Å². The van der Waals surface area contributed by atoms with Crippen molar-refractivity contribution < 1.29 is 4.74 Å². The van der Waals surface area contributed by atoms with Crippen LogP contribution >= 0.6 is 0 Å². The van der Waals surface area contributed by atoms with Crippen molar-refractivity contribution in [1.82, 2.24) is 9.97 Å². The van der Waals surface area contributed by atoms with E-state index in [0.717, 1.165) is 35.7 Å². The fraction of sp³-hybridized carbons (Fsp3) is 0.474. The number of hydrogen-bond acceptors (Lipinski definition) is 6. The number of rotatable bonds is 6. The summed E-state index contributed by atoms with van der Waals surface area (Å²) >= 11 is 0. The molecular weight excluding hydrogens is 314 g/mol. The minimum atomic E-state index is 0.286. The van der Waals surface area contributed by atoms with Crippen LogP contribution in [-0.4, -0.2) is 36.2 Å². The Balaban J connectivity index is 1.60. The maximum atomic E-state index is 5.91. The van der Waals surface area contributed by atoms with E-state index in [4.69, 9.17) is 16.2 Å². The lowest BCUT2D eigenvalue weighted by molar-refractivity contribution is 0.323. The Morgan fingerprint density at radius 3 is 2.64 bits per heavy atom. The first-order valence-electron chi connectivity index (χ1n) is 8.73. The van der Waals surface area contributed by atoms with Crippen LogP contribution in [0, 0.1) is 13.8 Å². The van der Waals surface area contributed by atoms with E-state index in [-0.39, 0.29) is 6.04 Å². The largest absolute Gasteiger partial charge is 0.491 e. The van der Waals surface area contributed by atoms with Gasteiger partial charge >= 0.3 is 0 Å². The first kappa shape index (κ1) is 17.5. The summed E-state index contributed by atoms with van der Waals surface area (Å²) in [6, 6.07) is 8.51. The quantitative estimate of drug-likeness (QED) is 0.838. The summed E-state index contributed by atoms with van der Waals surface area (Å²) in [6.45, 7) is 5.44. The summed E-state index contributed by atoms with van der Waals surface area (Å²) in [5, 5.41) is 0. The standard InChI is InChI=1S/C19H27N5O/c1-12-4-5-17(13(2)8-12)25-7-6-24(3)18-11-16(22-19(21)23-18)14-9-15(20)10-14/h4-5,8,11,14-15H,6-7,9-10,20H2,1-3H3,(H2,21,22,23). The van der Waals surface area contributed by atoms with Crippen molar-refractivity contribution in [3.63, 3.8) is 0 Å². The molecule has 0 aliphatic heterocycles. The van der Waals surface area contributed by atoms with Crippen LogP contribution in [0.15, 0.2) is 24.3 Å². The van der Waals surface area contributed by atoms with E-state index in [2.05, 4.69) is 35.9 Å². The highest BCUT2D eigenvalue weighted by molar-refractivity contribution is 5.44. The Morgan fingerprint density at radius 1 is 1.20 bits per heavy atom. The Morgan fingerprint density at radius 2 is 1.96 bits per heavy atom. The van der Waals surface area contributed by atoms with Gasteiger partial charge in [0.05, 0.1) is 12.2 Å². The molecule has 0 unspecified atom stereocenters.